The van der Waals surface area contributed by atoms with E-state index in [2.05, 4.69) is 4.98 Å². The van der Waals surface area contributed by atoms with Gasteiger partial charge in [-0.3, -0.25) is 4.98 Å². The minimum Gasteiger partial charge on any atom is -0.487 e. The van der Waals surface area contributed by atoms with E-state index in [1.165, 1.54) is 6.07 Å². The largest absolute Gasteiger partial charge is 0.487 e. The van der Waals surface area contributed by atoms with Crippen molar-refractivity contribution < 1.29 is 13.2 Å². The summed E-state index contributed by atoms with van der Waals surface area (Å²) < 4.78 is 28.2. The SMILES string of the molecule is Cc1cccc(COc2ccc(S(=O)(=O)Cl)c(C)c2)n1. The summed E-state index contributed by atoms with van der Waals surface area (Å²) in [4.78, 5) is 4.42. The molecule has 0 aliphatic heterocycles. The van der Waals surface area contributed by atoms with Gasteiger partial charge >= 0.3 is 0 Å². The molecule has 0 radical (unpaired) electrons. The highest BCUT2D eigenvalue weighted by molar-refractivity contribution is 8.13. The van der Waals surface area contributed by atoms with Gasteiger partial charge in [-0.25, -0.2) is 8.42 Å². The molecule has 0 aliphatic carbocycles. The van der Waals surface area contributed by atoms with E-state index in [9.17, 15) is 8.42 Å². The number of aromatic nitrogens is 1. The summed E-state index contributed by atoms with van der Waals surface area (Å²) >= 11 is 0. The lowest BCUT2D eigenvalue weighted by atomic mass is 10.2. The van der Waals surface area contributed by atoms with Crippen LogP contribution in [0.5, 0.6) is 5.75 Å². The van der Waals surface area contributed by atoms with Gasteiger partial charge in [-0.15, -0.1) is 0 Å². The molecule has 1 heterocycles. The minimum absolute atomic E-state index is 0.0974. The van der Waals surface area contributed by atoms with Crippen molar-refractivity contribution in [2.75, 3.05) is 0 Å². The molecule has 0 N–H and O–H groups in total. The lowest BCUT2D eigenvalue weighted by Crippen LogP contribution is -2.00. The second-order valence-electron chi connectivity index (χ2n) is 4.42. The highest BCUT2D eigenvalue weighted by Crippen LogP contribution is 2.24. The summed E-state index contributed by atoms with van der Waals surface area (Å²) in [6.07, 6.45) is 0. The zero-order valence-corrected chi connectivity index (χ0v) is 12.7. The highest BCUT2D eigenvalue weighted by Gasteiger charge is 2.13. The molecule has 0 bridgehead atoms. The van der Waals surface area contributed by atoms with Crippen LogP contribution in [-0.2, 0) is 15.7 Å². The van der Waals surface area contributed by atoms with E-state index in [1.54, 1.807) is 19.1 Å². The normalized spacial score (nSPS) is 11.3. The van der Waals surface area contributed by atoms with Crippen molar-refractivity contribution in [3.63, 3.8) is 0 Å². The van der Waals surface area contributed by atoms with Crippen LogP contribution in [0.25, 0.3) is 0 Å². The maximum atomic E-state index is 11.3. The zero-order chi connectivity index (χ0) is 14.8. The zero-order valence-electron chi connectivity index (χ0n) is 11.1. The van der Waals surface area contributed by atoms with Crippen molar-refractivity contribution in [1.29, 1.82) is 0 Å². The van der Waals surface area contributed by atoms with Gasteiger partial charge in [-0.2, -0.15) is 0 Å². The van der Waals surface area contributed by atoms with Crippen LogP contribution < -0.4 is 4.74 Å². The number of halogens is 1. The van der Waals surface area contributed by atoms with E-state index in [0.717, 1.165) is 11.4 Å². The predicted octanol–water partition coefficient (Wildman–Crippen LogP) is 3.20. The molecular formula is C14H14ClNO3S. The quantitative estimate of drug-likeness (QED) is 0.814. The van der Waals surface area contributed by atoms with E-state index < -0.39 is 9.05 Å². The van der Waals surface area contributed by atoms with Crippen molar-refractivity contribution in [3.8, 4) is 5.75 Å². The third-order valence-corrected chi connectivity index (χ3v) is 4.22. The lowest BCUT2D eigenvalue weighted by molar-refractivity contribution is 0.300. The number of hydrogen-bond acceptors (Lipinski definition) is 4. The second-order valence-corrected chi connectivity index (χ2v) is 6.96. The fourth-order valence-electron chi connectivity index (χ4n) is 1.82. The van der Waals surface area contributed by atoms with Crippen LogP contribution in [0.4, 0.5) is 0 Å². The molecule has 0 spiro atoms. The van der Waals surface area contributed by atoms with E-state index in [1.807, 2.05) is 25.1 Å². The highest BCUT2D eigenvalue weighted by atomic mass is 35.7. The fraction of sp³-hybridized carbons (Fsp3) is 0.214. The van der Waals surface area contributed by atoms with Gasteiger partial charge in [0.25, 0.3) is 9.05 Å². The molecule has 0 fully saturated rings. The fourth-order valence-corrected chi connectivity index (χ4v) is 3.02. The molecule has 106 valence electrons. The molecular weight excluding hydrogens is 298 g/mol. The first kappa shape index (κ1) is 14.8. The van der Waals surface area contributed by atoms with E-state index in [-0.39, 0.29) is 4.90 Å². The summed E-state index contributed by atoms with van der Waals surface area (Å²) in [6.45, 7) is 3.91. The Hall–Kier alpha value is -1.59. The van der Waals surface area contributed by atoms with Gasteiger partial charge in [0.15, 0.2) is 0 Å². The van der Waals surface area contributed by atoms with Gasteiger partial charge in [-0.05, 0) is 49.7 Å². The Morgan fingerprint density at radius 1 is 1.20 bits per heavy atom. The Morgan fingerprint density at radius 2 is 1.95 bits per heavy atom. The predicted molar refractivity (Wildman–Crippen MR) is 77.5 cm³/mol. The molecule has 2 rings (SSSR count). The van der Waals surface area contributed by atoms with Gasteiger partial charge in [0, 0.05) is 16.4 Å². The number of nitrogens with zero attached hydrogens (tertiary/aromatic N) is 1. The summed E-state index contributed by atoms with van der Waals surface area (Å²) in [5, 5.41) is 0. The number of aryl methyl sites for hydroxylation is 2. The van der Waals surface area contributed by atoms with Crippen LogP contribution in [0.3, 0.4) is 0 Å². The van der Waals surface area contributed by atoms with Gasteiger partial charge < -0.3 is 4.74 Å². The average Bonchev–Trinajstić information content (AvgIpc) is 2.35. The number of hydrogen-bond donors (Lipinski definition) is 0. The summed E-state index contributed by atoms with van der Waals surface area (Å²) in [5.41, 5.74) is 2.29. The van der Waals surface area contributed by atoms with E-state index in [0.29, 0.717) is 17.9 Å². The Kier molecular flexibility index (Phi) is 4.30. The summed E-state index contributed by atoms with van der Waals surface area (Å²) in [7, 11) is 1.61. The molecule has 6 heteroatoms. The second kappa shape index (κ2) is 5.81. The maximum Gasteiger partial charge on any atom is 0.261 e. The summed E-state index contributed by atoms with van der Waals surface area (Å²) in [5.74, 6) is 0.579. The molecule has 2 aromatic rings. The minimum atomic E-state index is -3.72. The van der Waals surface area contributed by atoms with E-state index >= 15 is 0 Å². The van der Waals surface area contributed by atoms with Gasteiger partial charge in [-0.1, -0.05) is 6.07 Å². The van der Waals surface area contributed by atoms with Crippen molar-refractivity contribution in [2.45, 2.75) is 25.3 Å². The molecule has 20 heavy (non-hydrogen) atoms. The molecule has 1 aromatic carbocycles. The molecule has 0 aliphatic rings. The Labute approximate surface area is 122 Å². The monoisotopic (exact) mass is 311 g/mol. The number of rotatable bonds is 4. The average molecular weight is 312 g/mol. The first-order valence-corrected chi connectivity index (χ1v) is 8.28. The Balaban J connectivity index is 2.14. The molecule has 0 saturated heterocycles. The Bertz CT molecular complexity index is 729. The first-order chi connectivity index (χ1) is 9.36. The molecule has 0 unspecified atom stereocenters. The number of benzene rings is 1. The molecule has 4 nitrogen and oxygen atoms in total. The van der Waals surface area contributed by atoms with Gasteiger partial charge in [0.1, 0.15) is 12.4 Å². The molecule has 0 saturated carbocycles. The van der Waals surface area contributed by atoms with E-state index in [4.69, 9.17) is 15.4 Å². The van der Waals surface area contributed by atoms with Crippen molar-refractivity contribution in [2.24, 2.45) is 0 Å². The smallest absolute Gasteiger partial charge is 0.261 e. The van der Waals surface area contributed by atoms with Crippen LogP contribution in [0.15, 0.2) is 41.3 Å². The van der Waals surface area contributed by atoms with Crippen molar-refractivity contribution in [1.82, 2.24) is 4.98 Å². The molecule has 1 aromatic heterocycles. The lowest BCUT2D eigenvalue weighted by Gasteiger charge is -2.08. The standard InChI is InChI=1S/C14H14ClNO3S/c1-10-8-13(6-7-14(10)20(15,17)18)19-9-12-5-3-4-11(2)16-12/h3-8H,9H2,1-2H3. The third kappa shape index (κ3) is 3.71. The van der Waals surface area contributed by atoms with Crippen LogP contribution in [0.1, 0.15) is 17.0 Å². The van der Waals surface area contributed by atoms with Crippen molar-refractivity contribution in [3.05, 3.63) is 53.3 Å². The first-order valence-electron chi connectivity index (χ1n) is 5.97. The number of pyridine rings is 1. The summed E-state index contributed by atoms with van der Waals surface area (Å²) in [6, 6.07) is 10.4. The van der Waals surface area contributed by atoms with Crippen LogP contribution >= 0.6 is 10.7 Å². The number of ether oxygens (including phenoxy) is 1. The van der Waals surface area contributed by atoms with Gasteiger partial charge in [0.05, 0.1) is 10.6 Å². The van der Waals surface area contributed by atoms with Crippen molar-refractivity contribution >= 4 is 19.7 Å². The topological polar surface area (TPSA) is 56.3 Å². The van der Waals surface area contributed by atoms with Gasteiger partial charge in [0.2, 0.25) is 0 Å². The molecule has 0 atom stereocenters. The van der Waals surface area contributed by atoms with Crippen LogP contribution in [0.2, 0.25) is 0 Å². The maximum absolute atomic E-state index is 11.3. The molecule has 0 amide bonds. The van der Waals surface area contributed by atoms with Crippen LogP contribution in [-0.4, -0.2) is 13.4 Å². The van der Waals surface area contributed by atoms with Crippen LogP contribution in [0, 0.1) is 13.8 Å². The Morgan fingerprint density at radius 3 is 2.55 bits per heavy atom. The third-order valence-electron chi connectivity index (χ3n) is 2.74.